The molecule has 1 aromatic rings. The molecule has 1 amide bonds. The Morgan fingerprint density at radius 3 is 3.00 bits per heavy atom. The maximum Gasteiger partial charge on any atom is 0.237 e. The molecule has 6 heteroatoms. The summed E-state index contributed by atoms with van der Waals surface area (Å²) in [5.74, 6) is 0.112. The molecular formula is C13H23ClN4O. The molecule has 1 atom stereocenters. The maximum absolute atomic E-state index is 12.0. The number of aromatic nitrogens is 2. The number of nitrogens with one attached hydrogen (secondary N) is 2. The third kappa shape index (κ3) is 4.21. The van der Waals surface area contributed by atoms with Gasteiger partial charge in [-0.1, -0.05) is 13.3 Å². The van der Waals surface area contributed by atoms with Crippen LogP contribution in [0.1, 0.15) is 37.4 Å². The van der Waals surface area contributed by atoms with Crippen molar-refractivity contribution in [2.45, 2.75) is 45.2 Å². The van der Waals surface area contributed by atoms with Gasteiger partial charge in [-0.3, -0.25) is 9.48 Å². The van der Waals surface area contributed by atoms with Crippen LogP contribution in [-0.4, -0.2) is 28.3 Å². The number of rotatable bonds is 4. The molecule has 1 aliphatic rings. The first-order chi connectivity index (χ1) is 8.70. The lowest BCUT2D eigenvalue weighted by Crippen LogP contribution is -2.46. The Kier molecular flexibility index (Phi) is 6.31. The van der Waals surface area contributed by atoms with E-state index in [1.54, 1.807) is 4.68 Å². The first kappa shape index (κ1) is 16.0. The molecule has 19 heavy (non-hydrogen) atoms. The van der Waals surface area contributed by atoms with E-state index in [0.29, 0.717) is 6.54 Å². The zero-order valence-corrected chi connectivity index (χ0v) is 12.4. The molecule has 0 bridgehead atoms. The molecule has 1 aromatic heterocycles. The summed E-state index contributed by atoms with van der Waals surface area (Å²) in [5, 5.41) is 10.6. The highest BCUT2D eigenvalue weighted by atomic mass is 35.5. The van der Waals surface area contributed by atoms with E-state index in [1.807, 2.05) is 13.2 Å². The highest BCUT2D eigenvalue weighted by Gasteiger charge is 2.20. The second-order valence-electron chi connectivity index (χ2n) is 4.85. The first-order valence-corrected chi connectivity index (χ1v) is 6.73. The van der Waals surface area contributed by atoms with E-state index in [4.69, 9.17) is 0 Å². The summed E-state index contributed by atoms with van der Waals surface area (Å²) in [6.07, 6.45) is 6.13. The van der Waals surface area contributed by atoms with Crippen molar-refractivity contribution in [3.63, 3.8) is 0 Å². The van der Waals surface area contributed by atoms with Gasteiger partial charge in [0.05, 0.1) is 11.7 Å². The Morgan fingerprint density at radius 1 is 1.58 bits per heavy atom. The van der Waals surface area contributed by atoms with E-state index in [1.165, 1.54) is 6.42 Å². The number of amides is 1. The number of hydrogen-bond donors (Lipinski definition) is 2. The second kappa shape index (κ2) is 7.50. The monoisotopic (exact) mass is 286 g/mol. The Hall–Kier alpha value is -1.07. The Bertz CT molecular complexity index is 413. The summed E-state index contributed by atoms with van der Waals surface area (Å²) in [5.41, 5.74) is 2.18. The summed E-state index contributed by atoms with van der Waals surface area (Å²) in [6.45, 7) is 3.61. The van der Waals surface area contributed by atoms with E-state index in [0.717, 1.165) is 37.1 Å². The SMILES string of the molecule is CCc1nn(C)cc1CNC(=O)C1CCCCN1.Cl. The molecule has 1 aliphatic heterocycles. The van der Waals surface area contributed by atoms with Gasteiger partial charge in [-0.25, -0.2) is 0 Å². The normalized spacial score (nSPS) is 18.7. The Morgan fingerprint density at radius 2 is 2.37 bits per heavy atom. The number of aryl methyl sites for hydroxylation is 2. The molecule has 1 unspecified atom stereocenters. The zero-order chi connectivity index (χ0) is 13.0. The van der Waals surface area contributed by atoms with Gasteiger partial charge in [0.15, 0.2) is 0 Å². The highest BCUT2D eigenvalue weighted by molar-refractivity contribution is 5.85. The van der Waals surface area contributed by atoms with Crippen molar-refractivity contribution in [3.8, 4) is 0 Å². The predicted octanol–water partition coefficient (Wildman–Crippen LogP) is 1.16. The van der Waals surface area contributed by atoms with Gasteiger partial charge in [0.1, 0.15) is 0 Å². The van der Waals surface area contributed by atoms with Crippen LogP contribution in [0.3, 0.4) is 0 Å². The molecule has 1 fully saturated rings. The number of nitrogens with zero attached hydrogens (tertiary/aromatic N) is 2. The molecule has 2 heterocycles. The van der Waals surface area contributed by atoms with Crippen molar-refractivity contribution in [3.05, 3.63) is 17.5 Å². The lowest BCUT2D eigenvalue weighted by atomic mass is 10.0. The van der Waals surface area contributed by atoms with Gasteiger partial charge in [-0.05, 0) is 25.8 Å². The average molecular weight is 287 g/mol. The summed E-state index contributed by atoms with van der Waals surface area (Å²) >= 11 is 0. The summed E-state index contributed by atoms with van der Waals surface area (Å²) in [7, 11) is 1.91. The van der Waals surface area contributed by atoms with Crippen LogP contribution in [0.15, 0.2) is 6.20 Å². The number of carbonyl (C=O) groups excluding carboxylic acids is 1. The van der Waals surface area contributed by atoms with Crippen LogP contribution in [0, 0.1) is 0 Å². The van der Waals surface area contributed by atoms with Crippen molar-refractivity contribution in [2.75, 3.05) is 6.54 Å². The average Bonchev–Trinajstić information content (AvgIpc) is 2.77. The fraction of sp³-hybridized carbons (Fsp3) is 0.692. The van der Waals surface area contributed by atoms with Gasteiger partial charge in [0.2, 0.25) is 5.91 Å². The van der Waals surface area contributed by atoms with Crippen LogP contribution in [0.25, 0.3) is 0 Å². The number of carbonyl (C=O) groups is 1. The van der Waals surface area contributed by atoms with Gasteiger partial charge < -0.3 is 10.6 Å². The van der Waals surface area contributed by atoms with Crippen molar-refractivity contribution < 1.29 is 4.79 Å². The van der Waals surface area contributed by atoms with E-state index < -0.39 is 0 Å². The topological polar surface area (TPSA) is 59.0 Å². The van der Waals surface area contributed by atoms with E-state index in [9.17, 15) is 4.79 Å². The minimum Gasteiger partial charge on any atom is -0.351 e. The van der Waals surface area contributed by atoms with Crippen molar-refractivity contribution in [1.82, 2.24) is 20.4 Å². The van der Waals surface area contributed by atoms with Crippen LogP contribution >= 0.6 is 12.4 Å². The fourth-order valence-corrected chi connectivity index (χ4v) is 2.41. The van der Waals surface area contributed by atoms with Crippen LogP contribution in [0.4, 0.5) is 0 Å². The van der Waals surface area contributed by atoms with E-state index in [-0.39, 0.29) is 24.4 Å². The van der Waals surface area contributed by atoms with Gasteiger partial charge in [-0.15, -0.1) is 12.4 Å². The smallest absolute Gasteiger partial charge is 0.237 e. The molecule has 0 aliphatic carbocycles. The van der Waals surface area contributed by atoms with Gasteiger partial charge in [-0.2, -0.15) is 5.10 Å². The van der Waals surface area contributed by atoms with Crippen molar-refractivity contribution in [1.29, 1.82) is 0 Å². The first-order valence-electron chi connectivity index (χ1n) is 6.73. The molecule has 2 N–H and O–H groups in total. The quantitative estimate of drug-likeness (QED) is 0.873. The summed E-state index contributed by atoms with van der Waals surface area (Å²) in [4.78, 5) is 12.0. The second-order valence-corrected chi connectivity index (χ2v) is 4.85. The van der Waals surface area contributed by atoms with Gasteiger partial charge in [0.25, 0.3) is 0 Å². The molecule has 0 aromatic carbocycles. The Labute approximate surface area is 120 Å². The molecule has 2 rings (SSSR count). The van der Waals surface area contributed by atoms with Crippen LogP contribution in [0.2, 0.25) is 0 Å². The summed E-state index contributed by atoms with van der Waals surface area (Å²) < 4.78 is 1.80. The maximum atomic E-state index is 12.0. The molecule has 5 nitrogen and oxygen atoms in total. The molecule has 108 valence electrons. The molecule has 0 saturated carbocycles. The third-order valence-corrected chi connectivity index (χ3v) is 3.41. The van der Waals surface area contributed by atoms with Gasteiger partial charge >= 0.3 is 0 Å². The lowest BCUT2D eigenvalue weighted by Gasteiger charge is -2.22. The largest absolute Gasteiger partial charge is 0.351 e. The van der Waals surface area contributed by atoms with Crippen molar-refractivity contribution in [2.24, 2.45) is 7.05 Å². The van der Waals surface area contributed by atoms with E-state index >= 15 is 0 Å². The number of hydrogen-bond acceptors (Lipinski definition) is 3. The Balaban J connectivity index is 0.00000180. The minimum absolute atomic E-state index is 0. The van der Waals surface area contributed by atoms with Crippen LogP contribution in [0.5, 0.6) is 0 Å². The van der Waals surface area contributed by atoms with Crippen molar-refractivity contribution >= 4 is 18.3 Å². The minimum atomic E-state index is -0.0134. The predicted molar refractivity (Wildman–Crippen MR) is 77.3 cm³/mol. The third-order valence-electron chi connectivity index (χ3n) is 3.41. The van der Waals surface area contributed by atoms with Crippen LogP contribution in [-0.2, 0) is 24.8 Å². The number of halogens is 1. The lowest BCUT2D eigenvalue weighted by molar-refractivity contribution is -0.123. The van der Waals surface area contributed by atoms with Crippen LogP contribution < -0.4 is 10.6 Å². The zero-order valence-electron chi connectivity index (χ0n) is 11.6. The van der Waals surface area contributed by atoms with E-state index in [2.05, 4.69) is 22.7 Å². The fourth-order valence-electron chi connectivity index (χ4n) is 2.41. The van der Waals surface area contributed by atoms with Gasteiger partial charge in [0, 0.05) is 25.4 Å². The molecule has 0 radical (unpaired) electrons. The standard InChI is InChI=1S/C13H22N4O.ClH/c1-3-11-10(9-17(2)16-11)8-15-13(18)12-6-4-5-7-14-12;/h9,12,14H,3-8H2,1-2H3,(H,15,18);1H. The number of piperidine rings is 1. The molecule has 1 saturated heterocycles. The highest BCUT2D eigenvalue weighted by Crippen LogP contribution is 2.09. The summed E-state index contributed by atoms with van der Waals surface area (Å²) in [6, 6.07) is -0.0134. The molecule has 0 spiro atoms. The molecular weight excluding hydrogens is 264 g/mol.